The zero-order valence-electron chi connectivity index (χ0n) is 12.4. The van der Waals surface area contributed by atoms with Gasteiger partial charge in [-0.1, -0.05) is 29.8 Å². The summed E-state index contributed by atoms with van der Waals surface area (Å²) in [6, 6.07) is 11.9. The van der Waals surface area contributed by atoms with E-state index in [-0.39, 0.29) is 17.8 Å². The molecule has 0 aliphatic heterocycles. The Labute approximate surface area is 132 Å². The van der Waals surface area contributed by atoms with Crippen LogP contribution >= 0.6 is 0 Å². The summed E-state index contributed by atoms with van der Waals surface area (Å²) >= 11 is 0. The summed E-state index contributed by atoms with van der Waals surface area (Å²) in [6.07, 6.45) is -5.32. The van der Waals surface area contributed by atoms with Crippen molar-refractivity contribution >= 4 is 5.69 Å². The number of rotatable bonds is 4. The molecule has 0 amide bonds. The second kappa shape index (κ2) is 6.71. The van der Waals surface area contributed by atoms with Crippen LogP contribution in [0.4, 0.5) is 18.9 Å². The van der Waals surface area contributed by atoms with Crippen molar-refractivity contribution in [1.29, 1.82) is 5.26 Å². The van der Waals surface area contributed by atoms with E-state index in [1.807, 2.05) is 25.1 Å². The van der Waals surface area contributed by atoms with Gasteiger partial charge in [-0.15, -0.1) is 0 Å². The van der Waals surface area contributed by atoms with Gasteiger partial charge >= 0.3 is 6.18 Å². The van der Waals surface area contributed by atoms with Gasteiger partial charge in [0, 0.05) is 6.54 Å². The predicted octanol–water partition coefficient (Wildman–Crippen LogP) is 4.03. The molecule has 2 N–H and O–H groups in total. The van der Waals surface area contributed by atoms with Crippen molar-refractivity contribution in [3.63, 3.8) is 0 Å². The Bertz CT molecular complexity index is 735. The van der Waals surface area contributed by atoms with Crippen molar-refractivity contribution < 1.29 is 18.3 Å². The first-order chi connectivity index (χ1) is 10.8. The Kier molecular flexibility index (Phi) is 4.92. The lowest BCUT2D eigenvalue weighted by Crippen LogP contribution is -2.13. The number of benzene rings is 2. The highest BCUT2D eigenvalue weighted by Crippen LogP contribution is 2.31. The summed E-state index contributed by atoms with van der Waals surface area (Å²) in [4.78, 5) is 0. The number of halogens is 3. The number of nitriles is 1. The Balaban J connectivity index is 2.13. The Morgan fingerprint density at radius 1 is 1.22 bits per heavy atom. The second-order valence-corrected chi connectivity index (χ2v) is 5.18. The molecule has 0 heterocycles. The molecule has 0 radical (unpaired) electrons. The van der Waals surface area contributed by atoms with E-state index in [2.05, 4.69) is 5.32 Å². The minimum atomic E-state index is -4.49. The normalized spacial score (nSPS) is 12.5. The molecular formula is C17H15F3N2O. The topological polar surface area (TPSA) is 56.0 Å². The maximum atomic E-state index is 12.6. The van der Waals surface area contributed by atoms with Gasteiger partial charge in [0.25, 0.3) is 0 Å². The molecule has 0 aliphatic carbocycles. The quantitative estimate of drug-likeness (QED) is 0.894. The van der Waals surface area contributed by atoms with Gasteiger partial charge in [-0.05, 0) is 30.7 Å². The van der Waals surface area contributed by atoms with Crippen LogP contribution in [0.1, 0.15) is 28.4 Å². The van der Waals surface area contributed by atoms with Crippen LogP contribution in [-0.4, -0.2) is 11.7 Å². The standard InChI is InChI=1S/C17H15F3N2O/c1-11-3-2-4-12(7-11)16(23)10-22-15-6-5-14(17(18,19)20)8-13(15)9-21/h2-8,16,22-23H,10H2,1H3. The van der Waals surface area contributed by atoms with E-state index in [1.54, 1.807) is 12.1 Å². The molecule has 2 rings (SSSR count). The van der Waals surface area contributed by atoms with E-state index in [9.17, 15) is 18.3 Å². The van der Waals surface area contributed by atoms with Crippen LogP contribution in [-0.2, 0) is 6.18 Å². The van der Waals surface area contributed by atoms with Gasteiger partial charge in [-0.25, -0.2) is 0 Å². The van der Waals surface area contributed by atoms with Crippen LogP contribution in [0.3, 0.4) is 0 Å². The Morgan fingerprint density at radius 3 is 2.57 bits per heavy atom. The smallest absolute Gasteiger partial charge is 0.387 e. The third kappa shape index (κ3) is 4.24. The summed E-state index contributed by atoms with van der Waals surface area (Å²) in [7, 11) is 0. The number of hydrogen-bond donors (Lipinski definition) is 2. The fourth-order valence-corrected chi connectivity index (χ4v) is 2.17. The maximum absolute atomic E-state index is 12.6. The second-order valence-electron chi connectivity index (χ2n) is 5.18. The SMILES string of the molecule is Cc1cccc(C(O)CNc2ccc(C(F)(F)F)cc2C#N)c1. The highest BCUT2D eigenvalue weighted by atomic mass is 19.4. The molecule has 0 aliphatic rings. The molecule has 23 heavy (non-hydrogen) atoms. The minimum absolute atomic E-state index is 0.0868. The monoisotopic (exact) mass is 320 g/mol. The summed E-state index contributed by atoms with van der Waals surface area (Å²) < 4.78 is 37.9. The summed E-state index contributed by atoms with van der Waals surface area (Å²) in [5.74, 6) is 0. The predicted molar refractivity (Wildman–Crippen MR) is 80.8 cm³/mol. The van der Waals surface area contributed by atoms with E-state index in [0.717, 1.165) is 17.7 Å². The van der Waals surface area contributed by atoms with E-state index < -0.39 is 17.8 Å². The third-order valence-electron chi connectivity index (χ3n) is 3.38. The maximum Gasteiger partial charge on any atom is 0.416 e. The van der Waals surface area contributed by atoms with Crippen LogP contribution in [0, 0.1) is 18.3 Å². The molecule has 1 atom stereocenters. The fourth-order valence-electron chi connectivity index (χ4n) is 2.17. The minimum Gasteiger partial charge on any atom is -0.387 e. The number of nitrogens with zero attached hydrogens (tertiary/aromatic N) is 1. The zero-order chi connectivity index (χ0) is 17.0. The van der Waals surface area contributed by atoms with Crippen LogP contribution in [0.5, 0.6) is 0 Å². The van der Waals surface area contributed by atoms with Crippen LogP contribution in [0.15, 0.2) is 42.5 Å². The highest BCUT2D eigenvalue weighted by Gasteiger charge is 2.31. The fraction of sp³-hybridized carbons (Fsp3) is 0.235. The van der Waals surface area contributed by atoms with Crippen molar-refractivity contribution in [1.82, 2.24) is 0 Å². The van der Waals surface area contributed by atoms with Gasteiger partial charge in [0.05, 0.1) is 22.9 Å². The number of alkyl halides is 3. The number of aliphatic hydroxyl groups excluding tert-OH is 1. The Morgan fingerprint density at radius 2 is 1.96 bits per heavy atom. The number of nitrogens with one attached hydrogen (secondary N) is 1. The largest absolute Gasteiger partial charge is 0.416 e. The first-order valence-electron chi connectivity index (χ1n) is 6.91. The van der Waals surface area contributed by atoms with Gasteiger partial charge in [0.15, 0.2) is 0 Å². The summed E-state index contributed by atoms with van der Waals surface area (Å²) in [5.41, 5.74) is 0.957. The molecule has 0 saturated carbocycles. The Hall–Kier alpha value is -2.52. The van der Waals surface area contributed by atoms with Gasteiger partial charge in [0.2, 0.25) is 0 Å². The van der Waals surface area contributed by atoms with Crippen molar-refractivity contribution in [2.45, 2.75) is 19.2 Å². The molecular weight excluding hydrogens is 305 g/mol. The summed E-state index contributed by atoms with van der Waals surface area (Å²) in [5, 5.41) is 22.0. The van der Waals surface area contributed by atoms with Crippen molar-refractivity contribution in [2.75, 3.05) is 11.9 Å². The molecule has 6 heteroatoms. The number of aryl methyl sites for hydroxylation is 1. The first-order valence-corrected chi connectivity index (χ1v) is 6.91. The van der Waals surface area contributed by atoms with Gasteiger partial charge in [-0.3, -0.25) is 0 Å². The number of anilines is 1. The molecule has 0 saturated heterocycles. The van der Waals surface area contributed by atoms with Crippen LogP contribution in [0.25, 0.3) is 0 Å². The number of aliphatic hydroxyl groups is 1. The lowest BCUT2D eigenvalue weighted by atomic mass is 10.1. The van der Waals surface area contributed by atoms with Gasteiger partial charge in [0.1, 0.15) is 6.07 Å². The zero-order valence-corrected chi connectivity index (χ0v) is 12.4. The van der Waals surface area contributed by atoms with Gasteiger partial charge in [-0.2, -0.15) is 18.4 Å². The molecule has 0 spiro atoms. The van der Waals surface area contributed by atoms with Crippen LogP contribution in [0.2, 0.25) is 0 Å². The lowest BCUT2D eigenvalue weighted by molar-refractivity contribution is -0.137. The summed E-state index contributed by atoms with van der Waals surface area (Å²) in [6.45, 7) is 1.98. The molecule has 2 aromatic rings. The van der Waals surface area contributed by atoms with Crippen molar-refractivity contribution in [3.8, 4) is 6.07 Å². The molecule has 120 valence electrons. The first kappa shape index (κ1) is 16.8. The van der Waals surface area contributed by atoms with E-state index in [4.69, 9.17) is 5.26 Å². The molecule has 1 unspecified atom stereocenters. The van der Waals surface area contributed by atoms with E-state index >= 15 is 0 Å². The molecule has 0 fully saturated rings. The average molecular weight is 320 g/mol. The molecule has 3 nitrogen and oxygen atoms in total. The van der Waals surface area contributed by atoms with Gasteiger partial charge < -0.3 is 10.4 Å². The molecule has 0 bridgehead atoms. The van der Waals surface area contributed by atoms with E-state index in [0.29, 0.717) is 5.56 Å². The van der Waals surface area contributed by atoms with Crippen molar-refractivity contribution in [3.05, 3.63) is 64.7 Å². The van der Waals surface area contributed by atoms with Crippen molar-refractivity contribution in [2.24, 2.45) is 0 Å². The highest BCUT2D eigenvalue weighted by molar-refractivity contribution is 5.59. The molecule has 2 aromatic carbocycles. The lowest BCUT2D eigenvalue weighted by Gasteiger charge is -2.15. The third-order valence-corrected chi connectivity index (χ3v) is 3.38. The number of hydrogen-bond acceptors (Lipinski definition) is 3. The van der Waals surface area contributed by atoms with E-state index in [1.165, 1.54) is 6.07 Å². The van der Waals surface area contributed by atoms with Crippen LogP contribution < -0.4 is 5.32 Å². The average Bonchev–Trinajstić information content (AvgIpc) is 2.51. The molecule has 0 aromatic heterocycles.